The van der Waals surface area contributed by atoms with Gasteiger partial charge in [0.05, 0.1) is 7.11 Å². The first-order valence-corrected chi connectivity index (χ1v) is 9.15. The Morgan fingerprint density at radius 3 is 2.33 bits per heavy atom. The van der Waals surface area contributed by atoms with Gasteiger partial charge in [-0.2, -0.15) is 0 Å². The van der Waals surface area contributed by atoms with Crippen LogP contribution in [-0.2, 0) is 14.0 Å². The Morgan fingerprint density at radius 1 is 1.22 bits per heavy atom. The van der Waals surface area contributed by atoms with E-state index in [1.807, 2.05) is 30.3 Å². The molecule has 1 atom stereocenters. The maximum Gasteiger partial charge on any atom is 0.384 e. The summed E-state index contributed by atoms with van der Waals surface area (Å²) in [6.07, 6.45) is -0.378. The summed E-state index contributed by atoms with van der Waals surface area (Å²) in [4.78, 5) is 11.1. The average molecular weight is 262 g/mol. The molecule has 1 unspecified atom stereocenters. The Kier molecular flexibility index (Phi) is 5.14. The maximum atomic E-state index is 11.1. The van der Waals surface area contributed by atoms with E-state index in [1.165, 1.54) is 7.11 Å². The first-order valence-electron chi connectivity index (χ1n) is 5.74. The molecular formula is C14H18O3Si. The third kappa shape index (κ3) is 5.17. The molecule has 0 heterocycles. The molecule has 0 aliphatic heterocycles. The van der Waals surface area contributed by atoms with E-state index in [2.05, 4.69) is 36.2 Å². The van der Waals surface area contributed by atoms with Gasteiger partial charge in [0.15, 0.2) is 8.32 Å². The third-order valence-corrected chi connectivity index (χ3v) is 3.01. The Morgan fingerprint density at radius 2 is 1.83 bits per heavy atom. The van der Waals surface area contributed by atoms with E-state index in [1.54, 1.807) is 0 Å². The van der Waals surface area contributed by atoms with Crippen LogP contribution in [0.15, 0.2) is 30.3 Å². The van der Waals surface area contributed by atoms with Gasteiger partial charge < -0.3 is 9.16 Å². The van der Waals surface area contributed by atoms with Crippen molar-refractivity contribution in [2.45, 2.75) is 25.7 Å². The van der Waals surface area contributed by atoms with Crippen LogP contribution >= 0.6 is 0 Å². The lowest BCUT2D eigenvalue weighted by atomic mass is 10.1. The molecule has 96 valence electrons. The minimum Gasteiger partial charge on any atom is -0.459 e. The molecule has 1 rings (SSSR count). The summed E-state index contributed by atoms with van der Waals surface area (Å²) >= 11 is 0. The van der Waals surface area contributed by atoms with Gasteiger partial charge in [-0.05, 0) is 25.2 Å². The largest absolute Gasteiger partial charge is 0.459 e. The van der Waals surface area contributed by atoms with Crippen molar-refractivity contribution in [3.63, 3.8) is 0 Å². The number of methoxy groups -OCH3 is 1. The van der Waals surface area contributed by atoms with Crippen LogP contribution in [0.5, 0.6) is 0 Å². The van der Waals surface area contributed by atoms with Crippen LogP contribution in [0.1, 0.15) is 11.7 Å². The molecule has 3 nitrogen and oxygen atoms in total. The predicted octanol–water partition coefficient (Wildman–Crippen LogP) is 2.76. The van der Waals surface area contributed by atoms with E-state index in [-0.39, 0.29) is 6.10 Å². The fraction of sp³-hybridized carbons (Fsp3) is 0.357. The Hall–Kier alpha value is -1.57. The van der Waals surface area contributed by atoms with Crippen molar-refractivity contribution >= 4 is 14.3 Å². The molecular weight excluding hydrogens is 244 g/mol. The second kappa shape index (κ2) is 6.38. The van der Waals surface area contributed by atoms with Gasteiger partial charge in [0.1, 0.15) is 6.10 Å². The molecule has 1 aromatic rings. The van der Waals surface area contributed by atoms with Gasteiger partial charge >= 0.3 is 5.97 Å². The summed E-state index contributed by atoms with van der Waals surface area (Å²) in [5, 5.41) is 0. The van der Waals surface area contributed by atoms with Crippen LogP contribution in [0, 0.1) is 11.8 Å². The van der Waals surface area contributed by atoms with E-state index in [0.717, 1.165) is 5.56 Å². The average Bonchev–Trinajstić information content (AvgIpc) is 2.33. The molecule has 0 saturated carbocycles. The SMILES string of the molecule is COC(=O)C#CC(O[Si](C)(C)C)c1ccccc1. The number of rotatable bonds is 3. The normalized spacial score (nSPS) is 12.2. The molecule has 0 aromatic heterocycles. The topological polar surface area (TPSA) is 35.5 Å². The van der Waals surface area contributed by atoms with Crippen molar-refractivity contribution in [2.75, 3.05) is 7.11 Å². The number of carbonyl (C=O) groups excluding carboxylic acids is 1. The van der Waals surface area contributed by atoms with E-state index in [9.17, 15) is 4.79 Å². The van der Waals surface area contributed by atoms with Crippen LogP contribution in [0.3, 0.4) is 0 Å². The van der Waals surface area contributed by atoms with Gasteiger partial charge in [-0.3, -0.25) is 0 Å². The Balaban J connectivity index is 2.95. The highest BCUT2D eigenvalue weighted by atomic mass is 28.4. The summed E-state index contributed by atoms with van der Waals surface area (Å²) in [6.45, 7) is 6.26. The van der Waals surface area contributed by atoms with Gasteiger partial charge in [-0.15, -0.1) is 0 Å². The van der Waals surface area contributed by atoms with Crippen LogP contribution < -0.4 is 0 Å². The first kappa shape index (κ1) is 14.5. The first-order chi connectivity index (χ1) is 8.42. The molecule has 0 aliphatic carbocycles. The lowest BCUT2D eigenvalue weighted by Gasteiger charge is -2.22. The molecule has 0 spiro atoms. The molecule has 0 amide bonds. The summed E-state index contributed by atoms with van der Waals surface area (Å²) in [5.41, 5.74) is 0.955. The van der Waals surface area contributed by atoms with Crippen molar-refractivity contribution in [2.24, 2.45) is 0 Å². The zero-order valence-electron chi connectivity index (χ0n) is 11.2. The number of hydrogen-bond acceptors (Lipinski definition) is 3. The summed E-state index contributed by atoms with van der Waals surface area (Å²) in [5.74, 6) is 4.72. The fourth-order valence-corrected chi connectivity index (χ4v) is 2.24. The minimum absolute atomic E-state index is 0.378. The number of carbonyl (C=O) groups is 1. The molecule has 0 aliphatic rings. The number of hydrogen-bond donors (Lipinski definition) is 0. The van der Waals surface area contributed by atoms with Gasteiger partial charge in [-0.1, -0.05) is 36.3 Å². The maximum absolute atomic E-state index is 11.1. The van der Waals surface area contributed by atoms with E-state index in [0.29, 0.717) is 0 Å². The summed E-state index contributed by atoms with van der Waals surface area (Å²) in [6, 6.07) is 9.67. The number of esters is 1. The molecule has 0 radical (unpaired) electrons. The van der Waals surface area contributed by atoms with Gasteiger partial charge in [0, 0.05) is 5.92 Å². The monoisotopic (exact) mass is 262 g/mol. The molecule has 0 bridgehead atoms. The van der Waals surface area contributed by atoms with Crippen LogP contribution in [0.25, 0.3) is 0 Å². The standard InChI is InChI=1S/C14H18O3Si/c1-16-14(15)11-10-13(17-18(2,3)4)12-8-6-5-7-9-12/h5-9,13H,1-4H3. The highest BCUT2D eigenvalue weighted by Gasteiger charge is 2.21. The van der Waals surface area contributed by atoms with Crippen molar-refractivity contribution in [1.29, 1.82) is 0 Å². The van der Waals surface area contributed by atoms with Crippen molar-refractivity contribution in [3.05, 3.63) is 35.9 Å². The molecule has 18 heavy (non-hydrogen) atoms. The van der Waals surface area contributed by atoms with Gasteiger partial charge in [0.2, 0.25) is 0 Å². The zero-order chi connectivity index (χ0) is 13.6. The van der Waals surface area contributed by atoms with Crippen LogP contribution in [0.4, 0.5) is 0 Å². The fourth-order valence-electron chi connectivity index (χ4n) is 1.34. The zero-order valence-corrected chi connectivity index (χ0v) is 12.2. The quantitative estimate of drug-likeness (QED) is 0.364. The second-order valence-electron chi connectivity index (χ2n) is 4.78. The van der Waals surface area contributed by atoms with E-state index < -0.39 is 14.3 Å². The smallest absolute Gasteiger partial charge is 0.384 e. The van der Waals surface area contributed by atoms with Crippen LogP contribution in [-0.4, -0.2) is 21.4 Å². The lowest BCUT2D eigenvalue weighted by Crippen LogP contribution is -2.27. The van der Waals surface area contributed by atoms with Gasteiger partial charge in [0.25, 0.3) is 0 Å². The summed E-state index contributed by atoms with van der Waals surface area (Å²) in [7, 11) is -0.427. The van der Waals surface area contributed by atoms with E-state index >= 15 is 0 Å². The molecule has 1 aromatic carbocycles. The third-order valence-electron chi connectivity index (χ3n) is 2.06. The highest BCUT2D eigenvalue weighted by Crippen LogP contribution is 2.21. The van der Waals surface area contributed by atoms with Gasteiger partial charge in [-0.25, -0.2) is 4.79 Å². The second-order valence-corrected chi connectivity index (χ2v) is 9.24. The Bertz CT molecular complexity index is 451. The predicted molar refractivity (Wildman–Crippen MR) is 73.4 cm³/mol. The van der Waals surface area contributed by atoms with Crippen molar-refractivity contribution in [1.82, 2.24) is 0 Å². The molecule has 0 saturated heterocycles. The number of benzene rings is 1. The summed E-state index contributed by atoms with van der Waals surface area (Å²) < 4.78 is 10.5. The highest BCUT2D eigenvalue weighted by molar-refractivity contribution is 6.69. The van der Waals surface area contributed by atoms with Crippen LogP contribution in [0.2, 0.25) is 19.6 Å². The molecule has 4 heteroatoms. The van der Waals surface area contributed by atoms with Crippen molar-refractivity contribution in [3.8, 4) is 11.8 Å². The van der Waals surface area contributed by atoms with Crippen molar-refractivity contribution < 1.29 is 14.0 Å². The number of ether oxygens (including phenoxy) is 1. The Labute approximate surface area is 109 Å². The lowest BCUT2D eigenvalue weighted by molar-refractivity contribution is -0.133. The molecule has 0 N–H and O–H groups in total. The molecule has 0 fully saturated rings. The minimum atomic E-state index is -1.74. The van der Waals surface area contributed by atoms with E-state index in [4.69, 9.17) is 4.43 Å².